The summed E-state index contributed by atoms with van der Waals surface area (Å²) in [6.07, 6.45) is 1.98. The minimum atomic E-state index is -0.225. The Labute approximate surface area is 138 Å². The molecule has 1 aliphatic heterocycles. The summed E-state index contributed by atoms with van der Waals surface area (Å²) in [6, 6.07) is 20.9. The zero-order valence-electron chi connectivity index (χ0n) is 12.8. The molecule has 0 unspecified atom stereocenters. The van der Waals surface area contributed by atoms with Crippen LogP contribution in [0.25, 0.3) is 10.9 Å². The van der Waals surface area contributed by atoms with Crippen LogP contribution < -0.4 is 4.74 Å². The second-order valence-corrected chi connectivity index (χ2v) is 6.04. The van der Waals surface area contributed by atoms with Gasteiger partial charge in [0, 0.05) is 34.1 Å². The number of hydrogen-bond acceptors (Lipinski definition) is 1. The van der Waals surface area contributed by atoms with Crippen LogP contribution in [-0.2, 0) is 0 Å². The van der Waals surface area contributed by atoms with Gasteiger partial charge >= 0.3 is 0 Å². The standard InChI is InChI=1S/C21H14FNO/c22-13-9-10-18-16(11-13)17(12-23-18)21-14-5-1-3-7-19(14)24-20-8-4-2-6-15(20)21/h1-12,21,23H. The van der Waals surface area contributed by atoms with Crippen LogP contribution in [0.4, 0.5) is 4.39 Å². The summed E-state index contributed by atoms with van der Waals surface area (Å²) in [6.45, 7) is 0. The number of aromatic amines is 1. The number of rotatable bonds is 1. The number of H-pyrrole nitrogens is 1. The Bertz CT molecular complexity index is 1020. The Morgan fingerprint density at radius 3 is 2.17 bits per heavy atom. The Morgan fingerprint density at radius 2 is 1.46 bits per heavy atom. The molecular formula is C21H14FNO. The van der Waals surface area contributed by atoms with Crippen molar-refractivity contribution in [3.8, 4) is 11.5 Å². The van der Waals surface area contributed by atoms with E-state index in [-0.39, 0.29) is 11.7 Å². The lowest BCUT2D eigenvalue weighted by Gasteiger charge is -2.28. The van der Waals surface area contributed by atoms with Gasteiger partial charge in [0.05, 0.1) is 0 Å². The maximum atomic E-state index is 13.8. The van der Waals surface area contributed by atoms with Crippen LogP contribution in [-0.4, -0.2) is 4.98 Å². The molecule has 0 amide bonds. The molecule has 0 atom stereocenters. The molecule has 116 valence electrons. The molecule has 3 heteroatoms. The van der Waals surface area contributed by atoms with E-state index in [4.69, 9.17) is 4.74 Å². The zero-order valence-corrected chi connectivity index (χ0v) is 12.8. The van der Waals surface area contributed by atoms with Crippen molar-refractivity contribution in [1.29, 1.82) is 0 Å². The summed E-state index contributed by atoms with van der Waals surface area (Å²) in [4.78, 5) is 3.27. The summed E-state index contributed by atoms with van der Waals surface area (Å²) in [7, 11) is 0. The fraction of sp³-hybridized carbons (Fsp3) is 0.0476. The van der Waals surface area contributed by atoms with Crippen LogP contribution in [0.3, 0.4) is 0 Å². The SMILES string of the molecule is Fc1ccc2[nH]cc(C3c4ccccc4Oc4ccccc43)c2c1. The van der Waals surface area contributed by atoms with Gasteiger partial charge in [0.25, 0.3) is 0 Å². The summed E-state index contributed by atoms with van der Waals surface area (Å²) in [5.41, 5.74) is 4.20. The Morgan fingerprint density at radius 1 is 0.792 bits per heavy atom. The lowest BCUT2D eigenvalue weighted by Crippen LogP contribution is -2.11. The van der Waals surface area contributed by atoms with E-state index in [1.54, 1.807) is 12.1 Å². The molecule has 5 rings (SSSR count). The first-order valence-electron chi connectivity index (χ1n) is 7.93. The molecule has 2 heterocycles. The number of ether oxygens (including phenoxy) is 1. The first-order chi connectivity index (χ1) is 11.8. The van der Waals surface area contributed by atoms with Gasteiger partial charge in [-0.2, -0.15) is 0 Å². The molecule has 0 saturated carbocycles. The quantitative estimate of drug-likeness (QED) is 0.428. The monoisotopic (exact) mass is 315 g/mol. The molecule has 0 fully saturated rings. The van der Waals surface area contributed by atoms with Gasteiger partial charge in [-0.05, 0) is 35.9 Å². The molecule has 1 aromatic heterocycles. The number of nitrogens with one attached hydrogen (secondary N) is 1. The molecule has 4 aromatic rings. The number of aromatic nitrogens is 1. The van der Waals surface area contributed by atoms with Crippen molar-refractivity contribution in [1.82, 2.24) is 4.98 Å². The predicted molar refractivity (Wildman–Crippen MR) is 92.2 cm³/mol. The van der Waals surface area contributed by atoms with E-state index in [9.17, 15) is 4.39 Å². The molecular weight excluding hydrogens is 301 g/mol. The molecule has 2 nitrogen and oxygen atoms in total. The van der Waals surface area contributed by atoms with Crippen LogP contribution in [0.1, 0.15) is 22.6 Å². The fourth-order valence-corrected chi connectivity index (χ4v) is 3.60. The van der Waals surface area contributed by atoms with Gasteiger partial charge in [-0.15, -0.1) is 0 Å². The molecule has 0 spiro atoms. The minimum Gasteiger partial charge on any atom is -0.457 e. The average molecular weight is 315 g/mol. The van der Waals surface area contributed by atoms with E-state index in [1.807, 2.05) is 42.6 Å². The van der Waals surface area contributed by atoms with Gasteiger partial charge in [0.15, 0.2) is 0 Å². The third-order valence-corrected chi connectivity index (χ3v) is 4.67. The van der Waals surface area contributed by atoms with Crippen molar-refractivity contribution in [3.63, 3.8) is 0 Å². The van der Waals surface area contributed by atoms with Gasteiger partial charge in [-0.3, -0.25) is 0 Å². The number of benzene rings is 3. The number of halogens is 1. The normalized spacial score (nSPS) is 13.4. The summed E-state index contributed by atoms with van der Waals surface area (Å²) < 4.78 is 19.9. The molecule has 3 aromatic carbocycles. The van der Waals surface area contributed by atoms with E-state index >= 15 is 0 Å². The van der Waals surface area contributed by atoms with E-state index < -0.39 is 0 Å². The molecule has 0 radical (unpaired) electrons. The molecule has 0 aliphatic carbocycles. The van der Waals surface area contributed by atoms with Crippen molar-refractivity contribution in [2.45, 2.75) is 5.92 Å². The molecule has 24 heavy (non-hydrogen) atoms. The Kier molecular flexibility index (Phi) is 2.77. The zero-order chi connectivity index (χ0) is 16.1. The highest BCUT2D eigenvalue weighted by Gasteiger charge is 2.29. The average Bonchev–Trinajstić information content (AvgIpc) is 3.02. The van der Waals surface area contributed by atoms with Crippen molar-refractivity contribution < 1.29 is 9.13 Å². The van der Waals surface area contributed by atoms with Gasteiger partial charge in [-0.25, -0.2) is 4.39 Å². The fourth-order valence-electron chi connectivity index (χ4n) is 3.60. The third kappa shape index (κ3) is 1.88. The van der Waals surface area contributed by atoms with Crippen LogP contribution in [0.5, 0.6) is 11.5 Å². The topological polar surface area (TPSA) is 25.0 Å². The molecule has 1 aliphatic rings. The summed E-state index contributed by atoms with van der Waals surface area (Å²) >= 11 is 0. The molecule has 1 N–H and O–H groups in total. The smallest absolute Gasteiger partial charge is 0.131 e. The first kappa shape index (κ1) is 13.4. The van der Waals surface area contributed by atoms with Crippen LogP contribution in [0.15, 0.2) is 72.9 Å². The van der Waals surface area contributed by atoms with Crippen molar-refractivity contribution >= 4 is 10.9 Å². The number of para-hydroxylation sites is 2. The molecule has 0 bridgehead atoms. The van der Waals surface area contributed by atoms with E-state index in [1.165, 1.54) is 6.07 Å². The highest BCUT2D eigenvalue weighted by molar-refractivity contribution is 5.85. The lowest BCUT2D eigenvalue weighted by molar-refractivity contribution is 0.453. The third-order valence-electron chi connectivity index (χ3n) is 4.67. The maximum Gasteiger partial charge on any atom is 0.131 e. The minimum absolute atomic E-state index is 0.0155. The summed E-state index contributed by atoms with van der Waals surface area (Å²) in [5.74, 6) is 1.50. The highest BCUT2D eigenvalue weighted by atomic mass is 19.1. The Hall–Kier alpha value is -3.07. The molecule has 0 saturated heterocycles. The maximum absolute atomic E-state index is 13.8. The number of fused-ring (bicyclic) bond motifs is 3. The number of hydrogen-bond donors (Lipinski definition) is 1. The van der Waals surface area contributed by atoms with Crippen LogP contribution in [0.2, 0.25) is 0 Å². The van der Waals surface area contributed by atoms with Gasteiger partial charge in [0.2, 0.25) is 0 Å². The van der Waals surface area contributed by atoms with E-state index in [0.717, 1.165) is 39.1 Å². The van der Waals surface area contributed by atoms with Gasteiger partial charge < -0.3 is 9.72 Å². The Balaban J connectivity index is 1.82. The predicted octanol–water partition coefficient (Wildman–Crippen LogP) is 5.59. The van der Waals surface area contributed by atoms with Crippen molar-refractivity contribution in [3.05, 3.63) is 95.4 Å². The van der Waals surface area contributed by atoms with E-state index in [0.29, 0.717) is 0 Å². The lowest BCUT2D eigenvalue weighted by atomic mass is 9.82. The van der Waals surface area contributed by atoms with Gasteiger partial charge in [0.1, 0.15) is 17.3 Å². The van der Waals surface area contributed by atoms with Crippen molar-refractivity contribution in [2.24, 2.45) is 0 Å². The van der Waals surface area contributed by atoms with Crippen LogP contribution in [0, 0.1) is 5.82 Å². The van der Waals surface area contributed by atoms with Gasteiger partial charge in [-0.1, -0.05) is 36.4 Å². The second-order valence-electron chi connectivity index (χ2n) is 6.04. The largest absolute Gasteiger partial charge is 0.457 e. The van der Waals surface area contributed by atoms with Crippen molar-refractivity contribution in [2.75, 3.05) is 0 Å². The highest BCUT2D eigenvalue weighted by Crippen LogP contribution is 2.48. The second kappa shape index (κ2) is 4.96. The van der Waals surface area contributed by atoms with Crippen LogP contribution >= 0.6 is 0 Å². The van der Waals surface area contributed by atoms with E-state index in [2.05, 4.69) is 17.1 Å². The summed E-state index contributed by atoms with van der Waals surface area (Å²) in [5, 5.41) is 0.909. The first-order valence-corrected chi connectivity index (χ1v) is 7.93.